The first-order valence-electron chi connectivity index (χ1n) is 5.88. The highest BCUT2D eigenvalue weighted by atomic mass is 32.2. The van der Waals surface area contributed by atoms with E-state index in [-0.39, 0.29) is 18.7 Å². The van der Waals surface area contributed by atoms with Gasteiger partial charge in [0, 0.05) is 18.7 Å². The molecule has 0 aromatic heterocycles. The molecule has 7 heteroatoms. The van der Waals surface area contributed by atoms with Gasteiger partial charge in [-0.15, -0.1) is 0 Å². The maximum Gasteiger partial charge on any atom is 0.246 e. The van der Waals surface area contributed by atoms with E-state index in [0.29, 0.717) is 19.1 Å². The van der Waals surface area contributed by atoms with Gasteiger partial charge >= 0.3 is 0 Å². The number of aliphatic hydroxyl groups is 1. The summed E-state index contributed by atoms with van der Waals surface area (Å²) in [6, 6.07) is 3.22. The zero-order valence-electron chi connectivity index (χ0n) is 10.1. The fraction of sp³-hybridized carbons (Fsp3) is 0.417. The Hall–Kier alpha value is -1.31. The Morgan fingerprint density at radius 1 is 1.32 bits per heavy atom. The standard InChI is InChI=1S/C12H14FNO4S/c13-11-2-1-9(8-15)7-12(11)19(17,18)14-5-3-10(16)4-6-14/h1-2,7-8,10,16H,3-6H2. The van der Waals surface area contributed by atoms with Gasteiger partial charge < -0.3 is 5.11 Å². The largest absolute Gasteiger partial charge is 0.393 e. The quantitative estimate of drug-likeness (QED) is 0.834. The van der Waals surface area contributed by atoms with Crippen LogP contribution in [0.2, 0.25) is 0 Å². The molecule has 19 heavy (non-hydrogen) atoms. The Kier molecular flexibility index (Phi) is 3.98. The summed E-state index contributed by atoms with van der Waals surface area (Å²) in [5, 5.41) is 9.36. The van der Waals surface area contributed by atoms with Crippen LogP contribution in [0, 0.1) is 5.82 Å². The summed E-state index contributed by atoms with van der Waals surface area (Å²) in [7, 11) is -3.96. The predicted molar refractivity (Wildman–Crippen MR) is 65.8 cm³/mol. The predicted octanol–water partition coefficient (Wildman–Crippen LogP) is 0.784. The number of piperidine rings is 1. The monoisotopic (exact) mass is 287 g/mol. The van der Waals surface area contributed by atoms with E-state index >= 15 is 0 Å². The number of benzene rings is 1. The molecule has 1 heterocycles. The molecule has 1 N–H and O–H groups in total. The smallest absolute Gasteiger partial charge is 0.246 e. The summed E-state index contributed by atoms with van der Waals surface area (Å²) in [5.74, 6) is -0.878. The lowest BCUT2D eigenvalue weighted by atomic mass is 10.1. The lowest BCUT2D eigenvalue weighted by Gasteiger charge is -2.28. The molecule has 104 valence electrons. The maximum atomic E-state index is 13.7. The minimum atomic E-state index is -3.96. The SMILES string of the molecule is O=Cc1ccc(F)c(S(=O)(=O)N2CCC(O)CC2)c1. The van der Waals surface area contributed by atoms with E-state index in [2.05, 4.69) is 0 Å². The summed E-state index contributed by atoms with van der Waals surface area (Å²) < 4.78 is 39.3. The Morgan fingerprint density at radius 2 is 1.95 bits per heavy atom. The highest BCUT2D eigenvalue weighted by Crippen LogP contribution is 2.23. The van der Waals surface area contributed by atoms with Gasteiger partial charge in [-0.2, -0.15) is 4.31 Å². The van der Waals surface area contributed by atoms with Crippen LogP contribution in [0.4, 0.5) is 4.39 Å². The van der Waals surface area contributed by atoms with Crippen molar-refractivity contribution < 1.29 is 22.7 Å². The fourth-order valence-electron chi connectivity index (χ4n) is 2.01. The van der Waals surface area contributed by atoms with Crippen LogP contribution in [0.1, 0.15) is 23.2 Å². The van der Waals surface area contributed by atoms with Crippen molar-refractivity contribution in [3.63, 3.8) is 0 Å². The number of nitrogens with zero attached hydrogens (tertiary/aromatic N) is 1. The molecule has 0 spiro atoms. The summed E-state index contributed by atoms with van der Waals surface area (Å²) in [6.07, 6.45) is 0.610. The average Bonchev–Trinajstić information content (AvgIpc) is 2.39. The fourth-order valence-corrected chi connectivity index (χ4v) is 3.58. The number of halogens is 1. The van der Waals surface area contributed by atoms with Crippen molar-refractivity contribution in [1.82, 2.24) is 4.31 Å². The molecule has 5 nitrogen and oxygen atoms in total. The van der Waals surface area contributed by atoms with E-state index in [9.17, 15) is 22.7 Å². The molecule has 1 aromatic carbocycles. The van der Waals surface area contributed by atoms with Gasteiger partial charge in [0.1, 0.15) is 17.0 Å². The lowest BCUT2D eigenvalue weighted by molar-refractivity contribution is 0.112. The van der Waals surface area contributed by atoms with Crippen LogP contribution in [0.3, 0.4) is 0 Å². The van der Waals surface area contributed by atoms with Crippen molar-refractivity contribution in [2.75, 3.05) is 13.1 Å². The summed E-state index contributed by atoms with van der Waals surface area (Å²) >= 11 is 0. The molecular weight excluding hydrogens is 273 g/mol. The van der Waals surface area contributed by atoms with Crippen molar-refractivity contribution in [3.05, 3.63) is 29.6 Å². The van der Waals surface area contributed by atoms with Gasteiger partial charge in [-0.1, -0.05) is 0 Å². The molecule has 0 saturated carbocycles. The second-order valence-corrected chi connectivity index (χ2v) is 6.35. The summed E-state index contributed by atoms with van der Waals surface area (Å²) in [5.41, 5.74) is 0.108. The van der Waals surface area contributed by atoms with E-state index in [4.69, 9.17) is 0 Å². The van der Waals surface area contributed by atoms with Crippen molar-refractivity contribution in [3.8, 4) is 0 Å². The number of carbonyl (C=O) groups is 1. The maximum absolute atomic E-state index is 13.7. The minimum Gasteiger partial charge on any atom is -0.393 e. The zero-order chi connectivity index (χ0) is 14.0. The second-order valence-electron chi connectivity index (χ2n) is 4.44. The molecule has 0 radical (unpaired) electrons. The van der Waals surface area contributed by atoms with Crippen LogP contribution in [0.25, 0.3) is 0 Å². The summed E-state index contributed by atoms with van der Waals surface area (Å²) in [4.78, 5) is 10.2. The molecule has 0 bridgehead atoms. The van der Waals surface area contributed by atoms with Gasteiger partial charge in [0.2, 0.25) is 10.0 Å². The van der Waals surface area contributed by atoms with Crippen LogP contribution >= 0.6 is 0 Å². The van der Waals surface area contributed by atoms with Gasteiger partial charge in [-0.25, -0.2) is 12.8 Å². The van der Waals surface area contributed by atoms with E-state index < -0.39 is 26.8 Å². The number of hydrogen-bond donors (Lipinski definition) is 1. The van der Waals surface area contributed by atoms with Crippen LogP contribution in [-0.4, -0.2) is 43.3 Å². The van der Waals surface area contributed by atoms with E-state index in [1.807, 2.05) is 0 Å². The number of aliphatic hydroxyl groups excluding tert-OH is 1. The van der Waals surface area contributed by atoms with Gasteiger partial charge in [0.25, 0.3) is 0 Å². The van der Waals surface area contributed by atoms with Crippen molar-refractivity contribution in [1.29, 1.82) is 0 Å². The molecule has 1 aromatic rings. The van der Waals surface area contributed by atoms with Crippen molar-refractivity contribution in [2.45, 2.75) is 23.8 Å². The summed E-state index contributed by atoms with van der Waals surface area (Å²) in [6.45, 7) is 0.294. The topological polar surface area (TPSA) is 74.7 Å². The van der Waals surface area contributed by atoms with Crippen molar-refractivity contribution >= 4 is 16.3 Å². The lowest BCUT2D eigenvalue weighted by Crippen LogP contribution is -2.40. The van der Waals surface area contributed by atoms with Crippen LogP contribution in [-0.2, 0) is 10.0 Å². The molecule has 0 atom stereocenters. The van der Waals surface area contributed by atoms with Crippen LogP contribution < -0.4 is 0 Å². The number of sulfonamides is 1. The van der Waals surface area contributed by atoms with E-state index in [1.165, 1.54) is 6.07 Å². The molecule has 2 rings (SSSR count). The Bertz CT molecular complexity index is 579. The Labute approximate surface area is 110 Å². The molecule has 1 aliphatic heterocycles. The molecule has 0 unspecified atom stereocenters. The first-order chi connectivity index (χ1) is 8.95. The van der Waals surface area contributed by atoms with Gasteiger partial charge in [-0.05, 0) is 31.0 Å². The minimum absolute atomic E-state index is 0.108. The molecular formula is C12H14FNO4S. The normalized spacial score (nSPS) is 18.4. The van der Waals surface area contributed by atoms with Gasteiger partial charge in [0.05, 0.1) is 6.10 Å². The first-order valence-corrected chi connectivity index (χ1v) is 7.32. The van der Waals surface area contributed by atoms with Gasteiger partial charge in [0.15, 0.2) is 0 Å². The highest BCUT2D eigenvalue weighted by molar-refractivity contribution is 7.89. The Morgan fingerprint density at radius 3 is 2.53 bits per heavy atom. The first kappa shape index (κ1) is 14.1. The van der Waals surface area contributed by atoms with E-state index in [1.54, 1.807) is 0 Å². The Balaban J connectivity index is 2.36. The second kappa shape index (κ2) is 5.36. The number of aldehydes is 1. The zero-order valence-corrected chi connectivity index (χ0v) is 10.9. The number of rotatable bonds is 3. The van der Waals surface area contributed by atoms with Crippen LogP contribution in [0.5, 0.6) is 0 Å². The van der Waals surface area contributed by atoms with Crippen LogP contribution in [0.15, 0.2) is 23.1 Å². The number of hydrogen-bond acceptors (Lipinski definition) is 4. The molecule has 1 saturated heterocycles. The van der Waals surface area contributed by atoms with E-state index in [0.717, 1.165) is 16.4 Å². The molecule has 1 fully saturated rings. The van der Waals surface area contributed by atoms with Crippen molar-refractivity contribution in [2.24, 2.45) is 0 Å². The average molecular weight is 287 g/mol. The van der Waals surface area contributed by atoms with Gasteiger partial charge in [-0.3, -0.25) is 4.79 Å². The molecule has 0 aliphatic carbocycles. The third-order valence-corrected chi connectivity index (χ3v) is 5.05. The molecule has 1 aliphatic rings. The molecule has 0 amide bonds. The third-order valence-electron chi connectivity index (χ3n) is 3.13. The highest BCUT2D eigenvalue weighted by Gasteiger charge is 2.30. The number of carbonyl (C=O) groups excluding carboxylic acids is 1. The third kappa shape index (κ3) is 2.83.